The Kier molecular flexibility index (Phi) is 6.21. The van der Waals surface area contributed by atoms with Crippen LogP contribution in [0, 0.1) is 12.7 Å². The van der Waals surface area contributed by atoms with E-state index in [1.807, 2.05) is 49.4 Å². The van der Waals surface area contributed by atoms with Gasteiger partial charge in [-0.1, -0.05) is 30.3 Å². The average molecular weight is 432 g/mol. The second kappa shape index (κ2) is 9.22. The molecule has 4 rings (SSSR count). The molecular weight excluding hydrogens is 407 g/mol. The minimum Gasteiger partial charge on any atom is -0.484 e. The van der Waals surface area contributed by atoms with Crippen LogP contribution >= 0.6 is 0 Å². The molecule has 3 aromatic rings. The van der Waals surface area contributed by atoms with Crippen LogP contribution in [-0.4, -0.2) is 29.9 Å². The SMILES string of the molecule is CC(=O)N1CCc2ccc(OCC(=O)Nc3cccc(C)c3)cc2C1c1ccc(F)cc1. The number of rotatable bonds is 5. The number of amides is 2. The number of carbonyl (C=O) groups excluding carboxylic acids is 2. The highest BCUT2D eigenvalue weighted by Gasteiger charge is 2.30. The molecule has 0 bridgehead atoms. The fourth-order valence-electron chi connectivity index (χ4n) is 4.10. The van der Waals surface area contributed by atoms with Crippen molar-refractivity contribution in [2.75, 3.05) is 18.5 Å². The number of hydrogen-bond donors (Lipinski definition) is 1. The molecule has 0 saturated carbocycles. The minimum atomic E-state index is -0.332. The Bertz CT molecular complexity index is 1140. The van der Waals surface area contributed by atoms with Crippen LogP contribution in [-0.2, 0) is 16.0 Å². The standard InChI is InChI=1S/C26H25FN2O3/c1-17-4-3-5-22(14-17)28-25(31)16-32-23-11-8-19-12-13-29(18(2)30)26(24(19)15-23)20-6-9-21(27)10-7-20/h3-11,14-15,26H,12-13,16H2,1-2H3,(H,28,31). The van der Waals surface area contributed by atoms with Gasteiger partial charge in [-0.05, 0) is 72.0 Å². The van der Waals surface area contributed by atoms with Crippen LogP contribution < -0.4 is 10.1 Å². The van der Waals surface area contributed by atoms with Gasteiger partial charge in [0.1, 0.15) is 11.6 Å². The van der Waals surface area contributed by atoms with E-state index in [0.29, 0.717) is 12.3 Å². The van der Waals surface area contributed by atoms with Gasteiger partial charge >= 0.3 is 0 Å². The van der Waals surface area contributed by atoms with Crippen LogP contribution in [0.4, 0.5) is 10.1 Å². The van der Waals surface area contributed by atoms with Crippen LogP contribution in [0.2, 0.25) is 0 Å². The van der Waals surface area contributed by atoms with Crippen molar-refractivity contribution >= 4 is 17.5 Å². The first-order valence-electron chi connectivity index (χ1n) is 10.6. The highest BCUT2D eigenvalue weighted by atomic mass is 19.1. The second-order valence-electron chi connectivity index (χ2n) is 7.98. The minimum absolute atomic E-state index is 0.0474. The van der Waals surface area contributed by atoms with Crippen LogP contribution in [0.1, 0.15) is 35.2 Å². The zero-order valence-corrected chi connectivity index (χ0v) is 18.1. The van der Waals surface area contributed by atoms with Crippen LogP contribution in [0.15, 0.2) is 66.7 Å². The fourth-order valence-corrected chi connectivity index (χ4v) is 4.10. The summed E-state index contributed by atoms with van der Waals surface area (Å²) in [5.41, 5.74) is 4.64. The lowest BCUT2D eigenvalue weighted by atomic mass is 9.88. The Morgan fingerprint density at radius 1 is 1.09 bits per heavy atom. The molecule has 0 aromatic heterocycles. The first kappa shape index (κ1) is 21.6. The van der Waals surface area contributed by atoms with Gasteiger partial charge in [-0.2, -0.15) is 0 Å². The van der Waals surface area contributed by atoms with E-state index in [1.165, 1.54) is 19.1 Å². The summed E-state index contributed by atoms with van der Waals surface area (Å²) in [6.07, 6.45) is 0.723. The number of nitrogens with one attached hydrogen (secondary N) is 1. The predicted molar refractivity (Wildman–Crippen MR) is 121 cm³/mol. The molecule has 1 aliphatic heterocycles. The number of benzene rings is 3. The summed E-state index contributed by atoms with van der Waals surface area (Å²) in [7, 11) is 0. The molecule has 5 nitrogen and oxygen atoms in total. The molecule has 164 valence electrons. The van der Waals surface area contributed by atoms with E-state index >= 15 is 0 Å². The van der Waals surface area contributed by atoms with E-state index in [4.69, 9.17) is 4.74 Å². The van der Waals surface area contributed by atoms with E-state index in [2.05, 4.69) is 5.32 Å². The van der Waals surface area contributed by atoms with Gasteiger partial charge in [0.05, 0.1) is 6.04 Å². The molecule has 2 amide bonds. The molecule has 1 heterocycles. The third kappa shape index (κ3) is 4.80. The lowest BCUT2D eigenvalue weighted by Crippen LogP contribution is -2.39. The van der Waals surface area contributed by atoms with Gasteiger partial charge in [-0.25, -0.2) is 4.39 Å². The maximum atomic E-state index is 13.5. The summed E-state index contributed by atoms with van der Waals surface area (Å²) >= 11 is 0. The number of nitrogens with zero attached hydrogens (tertiary/aromatic N) is 1. The highest BCUT2D eigenvalue weighted by molar-refractivity contribution is 5.91. The van der Waals surface area contributed by atoms with Gasteiger partial charge in [0.25, 0.3) is 5.91 Å². The fraction of sp³-hybridized carbons (Fsp3) is 0.231. The Morgan fingerprint density at radius 3 is 2.59 bits per heavy atom. The van der Waals surface area contributed by atoms with Gasteiger partial charge in [0, 0.05) is 19.2 Å². The smallest absolute Gasteiger partial charge is 0.262 e. The molecule has 0 saturated heterocycles. The molecular formula is C26H25FN2O3. The molecule has 0 aliphatic carbocycles. The molecule has 1 N–H and O–H groups in total. The summed E-state index contributed by atoms with van der Waals surface area (Å²) in [5.74, 6) is -0.0842. The van der Waals surface area contributed by atoms with Crippen LogP contribution in [0.5, 0.6) is 5.75 Å². The number of fused-ring (bicyclic) bond motifs is 1. The number of anilines is 1. The predicted octanol–water partition coefficient (Wildman–Crippen LogP) is 4.65. The van der Waals surface area contributed by atoms with E-state index < -0.39 is 0 Å². The number of aryl methyl sites for hydroxylation is 1. The third-order valence-corrected chi connectivity index (χ3v) is 5.61. The van der Waals surface area contributed by atoms with Crippen molar-refractivity contribution in [1.82, 2.24) is 4.90 Å². The molecule has 6 heteroatoms. The Morgan fingerprint density at radius 2 is 1.88 bits per heavy atom. The van der Waals surface area contributed by atoms with Crippen molar-refractivity contribution in [1.29, 1.82) is 0 Å². The van der Waals surface area contributed by atoms with E-state index in [0.717, 1.165) is 34.4 Å². The number of carbonyl (C=O) groups is 2. The quantitative estimate of drug-likeness (QED) is 0.639. The lowest BCUT2D eigenvalue weighted by molar-refractivity contribution is -0.130. The zero-order valence-electron chi connectivity index (χ0n) is 18.1. The van der Waals surface area contributed by atoms with Crippen molar-refractivity contribution in [2.45, 2.75) is 26.3 Å². The monoisotopic (exact) mass is 432 g/mol. The normalized spacial score (nSPS) is 15.1. The summed E-state index contributed by atoms with van der Waals surface area (Å²) in [6, 6.07) is 19.1. The number of ether oxygens (including phenoxy) is 1. The van der Waals surface area contributed by atoms with Crippen molar-refractivity contribution in [2.24, 2.45) is 0 Å². The third-order valence-electron chi connectivity index (χ3n) is 5.61. The molecule has 1 atom stereocenters. The molecule has 0 fully saturated rings. The Hall–Kier alpha value is -3.67. The lowest BCUT2D eigenvalue weighted by Gasteiger charge is -2.37. The summed E-state index contributed by atoms with van der Waals surface area (Å²) < 4.78 is 19.2. The number of hydrogen-bond acceptors (Lipinski definition) is 3. The first-order chi connectivity index (χ1) is 15.4. The first-order valence-corrected chi connectivity index (χ1v) is 10.6. The van der Waals surface area contributed by atoms with Crippen molar-refractivity contribution in [3.8, 4) is 5.75 Å². The van der Waals surface area contributed by atoms with Crippen molar-refractivity contribution in [3.05, 3.63) is 94.8 Å². The molecule has 1 unspecified atom stereocenters. The average Bonchev–Trinajstić information content (AvgIpc) is 2.77. The van der Waals surface area contributed by atoms with Gasteiger partial charge < -0.3 is 15.0 Å². The van der Waals surface area contributed by atoms with Gasteiger partial charge in [-0.15, -0.1) is 0 Å². The van der Waals surface area contributed by atoms with Gasteiger partial charge in [0.15, 0.2) is 6.61 Å². The summed E-state index contributed by atoms with van der Waals surface area (Å²) in [4.78, 5) is 26.4. The van der Waals surface area contributed by atoms with Crippen LogP contribution in [0.3, 0.4) is 0 Å². The van der Waals surface area contributed by atoms with Crippen molar-refractivity contribution in [3.63, 3.8) is 0 Å². The summed E-state index contributed by atoms with van der Waals surface area (Å²) in [5, 5.41) is 2.82. The van der Waals surface area contributed by atoms with Crippen molar-refractivity contribution < 1.29 is 18.7 Å². The zero-order chi connectivity index (χ0) is 22.7. The number of halogens is 1. The van der Waals surface area contributed by atoms with E-state index in [-0.39, 0.29) is 30.3 Å². The second-order valence-corrected chi connectivity index (χ2v) is 7.98. The maximum absolute atomic E-state index is 13.5. The highest BCUT2D eigenvalue weighted by Crippen LogP contribution is 2.37. The van der Waals surface area contributed by atoms with Crippen LogP contribution in [0.25, 0.3) is 0 Å². The van der Waals surface area contributed by atoms with Gasteiger partial charge in [0.2, 0.25) is 5.91 Å². The molecule has 0 radical (unpaired) electrons. The maximum Gasteiger partial charge on any atom is 0.262 e. The van der Waals surface area contributed by atoms with E-state index in [9.17, 15) is 14.0 Å². The topological polar surface area (TPSA) is 58.6 Å². The van der Waals surface area contributed by atoms with Gasteiger partial charge in [-0.3, -0.25) is 9.59 Å². The largest absolute Gasteiger partial charge is 0.484 e. The molecule has 3 aromatic carbocycles. The Labute approximate surface area is 186 Å². The molecule has 1 aliphatic rings. The Balaban J connectivity index is 1.54. The van der Waals surface area contributed by atoms with E-state index in [1.54, 1.807) is 17.0 Å². The molecule has 32 heavy (non-hydrogen) atoms. The summed E-state index contributed by atoms with van der Waals surface area (Å²) in [6.45, 7) is 3.95. The molecule has 0 spiro atoms.